The van der Waals surface area contributed by atoms with E-state index in [1.807, 2.05) is 0 Å². The first-order valence-electron chi connectivity index (χ1n) is 3.05. The molecule has 0 N–H and O–H groups in total. The molecule has 1 aromatic heterocycles. The molecule has 0 aromatic carbocycles. The number of rotatable bonds is 2. The van der Waals surface area contributed by atoms with E-state index in [0.717, 1.165) is 0 Å². The Morgan fingerprint density at radius 2 is 2.17 bits per heavy atom. The van der Waals surface area contributed by atoms with Gasteiger partial charge in [-0.15, -0.1) is 0 Å². The number of hydrogen-bond donors (Lipinski definition) is 0. The summed E-state index contributed by atoms with van der Waals surface area (Å²) in [6.45, 7) is 1.72. The Balaban J connectivity index is 3.39. The average molecular weight is 230 g/mol. The third-order valence-electron chi connectivity index (χ3n) is 1.26. The second kappa shape index (κ2) is 3.24. The standard InChI is InChI=1S/C5H5Cl2NO3S/c1-2-3-4(12(7,9)10)5(6)11-8-3/h2H2,1H3. The summed E-state index contributed by atoms with van der Waals surface area (Å²) < 4.78 is 26.2. The second-order valence-corrected chi connectivity index (χ2v) is 4.87. The van der Waals surface area contributed by atoms with E-state index in [1.54, 1.807) is 6.92 Å². The normalized spacial score (nSPS) is 11.9. The number of aromatic nitrogens is 1. The predicted octanol–water partition coefficient (Wildman–Crippen LogP) is 1.82. The Morgan fingerprint density at radius 1 is 1.58 bits per heavy atom. The van der Waals surface area contributed by atoms with Crippen molar-refractivity contribution >= 4 is 31.3 Å². The molecule has 0 spiro atoms. The summed E-state index contributed by atoms with van der Waals surface area (Å²) >= 11 is 5.42. The van der Waals surface area contributed by atoms with Crippen LogP contribution in [0.5, 0.6) is 0 Å². The summed E-state index contributed by atoms with van der Waals surface area (Å²) in [5.74, 6) is 0. The van der Waals surface area contributed by atoms with Gasteiger partial charge in [0.25, 0.3) is 9.05 Å². The van der Waals surface area contributed by atoms with E-state index in [4.69, 9.17) is 22.3 Å². The van der Waals surface area contributed by atoms with E-state index >= 15 is 0 Å². The molecule has 0 saturated carbocycles. The van der Waals surface area contributed by atoms with Crippen molar-refractivity contribution in [1.82, 2.24) is 5.16 Å². The van der Waals surface area contributed by atoms with Gasteiger partial charge in [0.2, 0.25) is 5.22 Å². The molecule has 0 aliphatic heterocycles. The lowest BCUT2D eigenvalue weighted by molar-refractivity contribution is 0.413. The van der Waals surface area contributed by atoms with Crippen LogP contribution in [0.3, 0.4) is 0 Å². The van der Waals surface area contributed by atoms with E-state index in [2.05, 4.69) is 9.68 Å². The van der Waals surface area contributed by atoms with Crippen molar-refractivity contribution in [3.05, 3.63) is 10.9 Å². The molecule has 0 bridgehead atoms. The van der Waals surface area contributed by atoms with E-state index in [-0.39, 0.29) is 15.8 Å². The van der Waals surface area contributed by atoms with Crippen LogP contribution in [0, 0.1) is 0 Å². The second-order valence-electron chi connectivity index (χ2n) is 2.02. The van der Waals surface area contributed by atoms with Gasteiger partial charge in [-0.05, 0) is 18.0 Å². The fraction of sp³-hybridized carbons (Fsp3) is 0.400. The molecular formula is C5H5Cl2NO3S. The summed E-state index contributed by atoms with van der Waals surface area (Å²) in [6.07, 6.45) is 0.400. The van der Waals surface area contributed by atoms with Crippen molar-refractivity contribution < 1.29 is 12.9 Å². The maximum absolute atomic E-state index is 10.9. The molecule has 4 nitrogen and oxygen atoms in total. The zero-order valence-corrected chi connectivity index (χ0v) is 8.37. The zero-order chi connectivity index (χ0) is 9.35. The fourth-order valence-electron chi connectivity index (χ4n) is 0.753. The fourth-order valence-corrected chi connectivity index (χ4v) is 2.49. The number of hydrogen-bond acceptors (Lipinski definition) is 4. The number of nitrogens with zero attached hydrogens (tertiary/aromatic N) is 1. The minimum absolute atomic E-state index is 0.228. The summed E-state index contributed by atoms with van der Waals surface area (Å²) in [7, 11) is 1.23. The molecule has 12 heavy (non-hydrogen) atoms. The zero-order valence-electron chi connectivity index (χ0n) is 6.04. The Hall–Kier alpha value is -0.260. The van der Waals surface area contributed by atoms with Gasteiger partial charge in [0.15, 0.2) is 4.90 Å². The molecule has 7 heteroatoms. The van der Waals surface area contributed by atoms with Gasteiger partial charge in [0, 0.05) is 10.7 Å². The highest BCUT2D eigenvalue weighted by Gasteiger charge is 2.24. The van der Waals surface area contributed by atoms with Crippen LogP contribution in [-0.4, -0.2) is 13.6 Å². The van der Waals surface area contributed by atoms with Crippen molar-refractivity contribution in [3.63, 3.8) is 0 Å². The summed E-state index contributed by atoms with van der Waals surface area (Å²) in [5, 5.41) is 3.14. The quantitative estimate of drug-likeness (QED) is 0.727. The van der Waals surface area contributed by atoms with Gasteiger partial charge in [-0.25, -0.2) is 8.42 Å². The smallest absolute Gasteiger partial charge is 0.268 e. The molecule has 0 fully saturated rings. The van der Waals surface area contributed by atoms with E-state index < -0.39 is 9.05 Å². The molecule has 1 aromatic rings. The Labute approximate surface area is 78.9 Å². The van der Waals surface area contributed by atoms with E-state index in [1.165, 1.54) is 0 Å². The highest BCUT2D eigenvalue weighted by atomic mass is 35.7. The molecule has 0 radical (unpaired) electrons. The van der Waals surface area contributed by atoms with Crippen LogP contribution in [0.1, 0.15) is 12.6 Å². The van der Waals surface area contributed by atoms with Crippen LogP contribution in [0.2, 0.25) is 5.22 Å². The lowest BCUT2D eigenvalue weighted by Crippen LogP contribution is -1.94. The average Bonchev–Trinajstić information content (AvgIpc) is 2.29. The summed E-state index contributed by atoms with van der Waals surface area (Å²) in [5.41, 5.74) is 0.245. The van der Waals surface area contributed by atoms with E-state index in [9.17, 15) is 8.42 Å². The van der Waals surface area contributed by atoms with Gasteiger partial charge in [0.1, 0.15) is 5.69 Å². The highest BCUT2D eigenvalue weighted by molar-refractivity contribution is 8.13. The van der Waals surface area contributed by atoms with Crippen LogP contribution in [0.25, 0.3) is 0 Å². The predicted molar refractivity (Wildman–Crippen MR) is 43.9 cm³/mol. The summed E-state index contributed by atoms with van der Waals surface area (Å²) in [4.78, 5) is -0.228. The van der Waals surface area contributed by atoms with Crippen molar-refractivity contribution in [3.8, 4) is 0 Å². The molecule has 1 heterocycles. The number of aryl methyl sites for hydroxylation is 1. The molecule has 0 saturated heterocycles. The highest BCUT2D eigenvalue weighted by Crippen LogP contribution is 2.28. The third-order valence-corrected chi connectivity index (χ3v) is 3.00. The maximum Gasteiger partial charge on any atom is 0.268 e. The van der Waals surface area contributed by atoms with Crippen LogP contribution in [-0.2, 0) is 15.5 Å². The minimum atomic E-state index is -3.85. The SMILES string of the molecule is CCc1noc(Cl)c1S(=O)(=O)Cl. The molecule has 68 valence electrons. The van der Waals surface area contributed by atoms with Gasteiger partial charge in [0.05, 0.1) is 0 Å². The Morgan fingerprint density at radius 3 is 2.50 bits per heavy atom. The molecule has 0 amide bonds. The summed E-state index contributed by atoms with van der Waals surface area (Å²) in [6, 6.07) is 0. The third kappa shape index (κ3) is 1.73. The molecular weight excluding hydrogens is 225 g/mol. The molecule has 0 aliphatic rings. The molecule has 0 atom stereocenters. The Bertz CT molecular complexity index is 383. The first-order valence-corrected chi connectivity index (χ1v) is 5.74. The van der Waals surface area contributed by atoms with E-state index in [0.29, 0.717) is 6.42 Å². The first-order chi connectivity index (χ1) is 5.46. The lowest BCUT2D eigenvalue weighted by atomic mass is 10.3. The van der Waals surface area contributed by atoms with Crippen molar-refractivity contribution in [2.45, 2.75) is 18.2 Å². The molecule has 0 aliphatic carbocycles. The topological polar surface area (TPSA) is 60.2 Å². The van der Waals surface area contributed by atoms with Crippen molar-refractivity contribution in [2.24, 2.45) is 0 Å². The largest absolute Gasteiger partial charge is 0.343 e. The van der Waals surface area contributed by atoms with Gasteiger partial charge in [-0.1, -0.05) is 12.1 Å². The van der Waals surface area contributed by atoms with Crippen molar-refractivity contribution in [2.75, 3.05) is 0 Å². The van der Waals surface area contributed by atoms with Gasteiger partial charge < -0.3 is 4.52 Å². The van der Waals surface area contributed by atoms with Crippen LogP contribution < -0.4 is 0 Å². The number of halogens is 2. The monoisotopic (exact) mass is 229 g/mol. The Kier molecular flexibility index (Phi) is 2.65. The van der Waals surface area contributed by atoms with Crippen LogP contribution in [0.4, 0.5) is 0 Å². The minimum Gasteiger partial charge on any atom is -0.343 e. The van der Waals surface area contributed by atoms with Crippen LogP contribution >= 0.6 is 22.3 Å². The van der Waals surface area contributed by atoms with Gasteiger partial charge in [-0.3, -0.25) is 0 Å². The van der Waals surface area contributed by atoms with Crippen molar-refractivity contribution in [1.29, 1.82) is 0 Å². The maximum atomic E-state index is 10.9. The van der Waals surface area contributed by atoms with Gasteiger partial charge >= 0.3 is 0 Å². The molecule has 0 unspecified atom stereocenters. The lowest BCUT2D eigenvalue weighted by Gasteiger charge is -1.91. The van der Waals surface area contributed by atoms with Gasteiger partial charge in [-0.2, -0.15) is 0 Å². The first kappa shape index (κ1) is 9.83. The molecule has 1 rings (SSSR count). The van der Waals surface area contributed by atoms with Crippen LogP contribution in [0.15, 0.2) is 9.42 Å².